The van der Waals surface area contributed by atoms with Crippen molar-refractivity contribution in [1.29, 1.82) is 0 Å². The fourth-order valence-electron chi connectivity index (χ4n) is 8.07. The molecule has 2 aliphatic rings. The first-order valence-electron chi connectivity index (χ1n) is 20.3. The molecule has 6 rings (SSSR count). The lowest BCUT2D eigenvalue weighted by molar-refractivity contribution is 0.0408. The van der Waals surface area contributed by atoms with Crippen LogP contribution in [0.3, 0.4) is 0 Å². The van der Waals surface area contributed by atoms with Gasteiger partial charge in [0.2, 0.25) is 0 Å². The average Bonchev–Trinajstić information content (AvgIpc) is 3.18. The summed E-state index contributed by atoms with van der Waals surface area (Å²) >= 11 is 0. The minimum absolute atomic E-state index is 0. The third-order valence-corrected chi connectivity index (χ3v) is 12.3. The van der Waals surface area contributed by atoms with Crippen molar-refractivity contribution in [1.82, 2.24) is 0 Å². The van der Waals surface area contributed by atoms with Crippen molar-refractivity contribution in [3.8, 4) is 34.5 Å². The van der Waals surface area contributed by atoms with Gasteiger partial charge in [0.05, 0.1) is 13.2 Å². The van der Waals surface area contributed by atoms with Crippen LogP contribution in [-0.4, -0.2) is 47.8 Å². The van der Waals surface area contributed by atoms with Crippen LogP contribution < -0.4 is 18.9 Å². The summed E-state index contributed by atoms with van der Waals surface area (Å²) in [5.41, 5.74) is 10.0. The van der Waals surface area contributed by atoms with Gasteiger partial charge in [0.15, 0.2) is 0 Å². The van der Waals surface area contributed by atoms with Gasteiger partial charge in [-0.1, -0.05) is 24.3 Å². The zero-order chi connectivity index (χ0) is 39.3. The molecule has 0 spiro atoms. The zero-order valence-corrected chi connectivity index (χ0v) is 35.7. The zero-order valence-electron chi connectivity index (χ0n) is 34.9. The van der Waals surface area contributed by atoms with E-state index in [-0.39, 0.29) is 23.6 Å². The van der Waals surface area contributed by atoms with Gasteiger partial charge >= 0.3 is 0 Å². The predicted octanol–water partition coefficient (Wildman–Crippen LogP) is 11.1. The van der Waals surface area contributed by atoms with E-state index >= 15 is 0 Å². The molecule has 2 atom stereocenters. The molecular formula is C48H63ClO7. The molecule has 4 aromatic rings. The van der Waals surface area contributed by atoms with Crippen LogP contribution in [0, 0.1) is 41.5 Å². The van der Waals surface area contributed by atoms with Gasteiger partial charge in [-0.25, -0.2) is 0 Å². The number of fused-ring (bicyclic) bond motifs is 2. The number of phenols is 2. The summed E-state index contributed by atoms with van der Waals surface area (Å²) in [7, 11) is 0. The summed E-state index contributed by atoms with van der Waals surface area (Å²) in [5.74, 6) is 4.43. The third kappa shape index (κ3) is 9.89. The van der Waals surface area contributed by atoms with E-state index in [4.69, 9.17) is 23.7 Å². The molecule has 0 fully saturated rings. The van der Waals surface area contributed by atoms with Crippen LogP contribution in [0.1, 0.15) is 108 Å². The Hall–Kier alpha value is -4.07. The molecular weight excluding hydrogens is 724 g/mol. The third-order valence-electron chi connectivity index (χ3n) is 12.3. The van der Waals surface area contributed by atoms with Crippen LogP contribution in [0.25, 0.3) is 0 Å². The minimum Gasteiger partial charge on any atom is -0.507 e. The van der Waals surface area contributed by atoms with Crippen LogP contribution in [0.4, 0.5) is 0 Å². The Morgan fingerprint density at radius 1 is 0.536 bits per heavy atom. The lowest BCUT2D eigenvalue weighted by Crippen LogP contribution is -2.38. The molecule has 2 heterocycles. The van der Waals surface area contributed by atoms with E-state index in [1.165, 1.54) is 11.1 Å². The van der Waals surface area contributed by atoms with Gasteiger partial charge in [0.1, 0.15) is 45.7 Å². The first kappa shape index (κ1) is 43.1. The van der Waals surface area contributed by atoms with Crippen molar-refractivity contribution in [3.63, 3.8) is 0 Å². The molecule has 8 heteroatoms. The number of hydrogen-bond acceptors (Lipinski definition) is 7. The smallest absolute Gasteiger partial charge is 0.127 e. The van der Waals surface area contributed by atoms with E-state index in [1.807, 2.05) is 41.5 Å². The summed E-state index contributed by atoms with van der Waals surface area (Å²) in [4.78, 5) is 0. The summed E-state index contributed by atoms with van der Waals surface area (Å²) in [6.45, 7) is 19.0. The molecule has 0 aromatic heterocycles. The molecule has 2 aliphatic heterocycles. The van der Waals surface area contributed by atoms with Crippen molar-refractivity contribution in [2.75, 3.05) is 26.4 Å². The molecule has 2 unspecified atom stereocenters. The number of rotatable bonds is 16. The molecule has 0 aliphatic carbocycles. The Labute approximate surface area is 341 Å². The Balaban J connectivity index is 0.00000600. The van der Waals surface area contributed by atoms with Crippen LogP contribution in [0.2, 0.25) is 0 Å². The molecule has 7 nitrogen and oxygen atoms in total. The number of aryl methyl sites for hydroxylation is 2. The molecule has 0 saturated carbocycles. The van der Waals surface area contributed by atoms with Gasteiger partial charge in [-0.2, -0.15) is 0 Å². The fraction of sp³-hybridized carbons (Fsp3) is 0.500. The van der Waals surface area contributed by atoms with E-state index in [9.17, 15) is 10.2 Å². The maximum atomic E-state index is 10.5. The monoisotopic (exact) mass is 786 g/mol. The van der Waals surface area contributed by atoms with Gasteiger partial charge in [0, 0.05) is 37.2 Å². The second-order valence-corrected chi connectivity index (χ2v) is 16.5. The van der Waals surface area contributed by atoms with Crippen LogP contribution >= 0.6 is 12.4 Å². The molecule has 0 saturated heterocycles. The Kier molecular flexibility index (Phi) is 14.2. The molecule has 0 amide bonds. The second kappa shape index (κ2) is 18.5. The van der Waals surface area contributed by atoms with Gasteiger partial charge in [-0.3, -0.25) is 0 Å². The van der Waals surface area contributed by atoms with E-state index in [1.54, 1.807) is 0 Å². The van der Waals surface area contributed by atoms with E-state index in [0.29, 0.717) is 24.7 Å². The molecule has 304 valence electrons. The summed E-state index contributed by atoms with van der Waals surface area (Å²) in [5, 5.41) is 21.0. The first-order chi connectivity index (χ1) is 26.3. The molecule has 0 radical (unpaired) electrons. The van der Waals surface area contributed by atoms with Crippen molar-refractivity contribution in [3.05, 3.63) is 104 Å². The van der Waals surface area contributed by atoms with Gasteiger partial charge in [-0.05, 0) is 176 Å². The number of ether oxygens (including phenoxy) is 5. The first-order valence-corrected chi connectivity index (χ1v) is 20.3. The highest BCUT2D eigenvalue weighted by Gasteiger charge is 2.36. The fourth-order valence-corrected chi connectivity index (χ4v) is 8.07. The molecule has 56 heavy (non-hydrogen) atoms. The topological polar surface area (TPSA) is 86.6 Å². The van der Waals surface area contributed by atoms with Crippen LogP contribution in [0.5, 0.6) is 34.5 Å². The number of aromatic hydroxyl groups is 2. The Morgan fingerprint density at radius 2 is 0.911 bits per heavy atom. The average molecular weight is 787 g/mol. The minimum atomic E-state index is -0.293. The van der Waals surface area contributed by atoms with Crippen molar-refractivity contribution < 1.29 is 33.9 Å². The predicted molar refractivity (Wildman–Crippen MR) is 227 cm³/mol. The second-order valence-electron chi connectivity index (χ2n) is 16.5. The van der Waals surface area contributed by atoms with Crippen LogP contribution in [0.15, 0.2) is 48.5 Å². The highest BCUT2D eigenvalue weighted by Crippen LogP contribution is 2.45. The lowest BCUT2D eigenvalue weighted by atomic mass is 9.86. The highest BCUT2D eigenvalue weighted by molar-refractivity contribution is 5.85. The summed E-state index contributed by atoms with van der Waals surface area (Å²) in [6.07, 6.45) is 9.11. The number of phenolic OH excluding ortho intramolecular Hbond substituents is 2. The highest BCUT2D eigenvalue weighted by atomic mass is 35.5. The Morgan fingerprint density at radius 3 is 1.29 bits per heavy atom. The number of hydrogen-bond donors (Lipinski definition) is 2. The number of halogens is 1. The standard InChI is InChI=1S/C48H62O7.ClH/c1-31-33(3)45-41(35(5)43(31)49)21-23-47(7,54-45)25-29-52-39-17-13-37(14-18-39)11-9-27-51-28-10-12-38-15-19-40(20-16-38)53-30-26-48(8)24-22-42-36(6)44(50)32(2)34(4)46(42)55-48;/h13-20,49-50H,9-12,21-30H2,1-8H3;1H. The SMILES string of the molecule is Cc1c(C)c2c(c(C)c1O)CCC(C)(CCOc1ccc(CCCOCCCc3ccc(OCCC4(C)CCc5c(C)c(O)c(C)c(C)c5O4)cc3)cc1)O2.Cl. The van der Waals surface area contributed by atoms with Gasteiger partial charge < -0.3 is 33.9 Å². The summed E-state index contributed by atoms with van der Waals surface area (Å²) < 4.78 is 31.3. The van der Waals surface area contributed by atoms with Crippen LogP contribution in [-0.2, 0) is 30.4 Å². The van der Waals surface area contributed by atoms with Crippen molar-refractivity contribution >= 4 is 12.4 Å². The summed E-state index contributed by atoms with van der Waals surface area (Å²) in [6, 6.07) is 16.8. The maximum absolute atomic E-state index is 10.5. The normalized spacial score (nSPS) is 18.6. The quantitative estimate of drug-likeness (QED) is 0.109. The molecule has 2 N–H and O–H groups in total. The van der Waals surface area contributed by atoms with E-state index < -0.39 is 0 Å². The van der Waals surface area contributed by atoms with Gasteiger partial charge in [0.25, 0.3) is 0 Å². The van der Waals surface area contributed by atoms with E-state index in [0.717, 1.165) is 145 Å². The molecule has 4 aromatic carbocycles. The molecule has 0 bridgehead atoms. The maximum Gasteiger partial charge on any atom is 0.127 e. The van der Waals surface area contributed by atoms with Gasteiger partial charge in [-0.15, -0.1) is 12.4 Å². The van der Waals surface area contributed by atoms with Crippen molar-refractivity contribution in [2.45, 2.75) is 131 Å². The number of benzene rings is 4. The largest absolute Gasteiger partial charge is 0.507 e. The lowest BCUT2D eigenvalue weighted by Gasteiger charge is -2.38. The Bertz CT molecular complexity index is 1810. The van der Waals surface area contributed by atoms with E-state index in [2.05, 4.69) is 62.4 Å². The van der Waals surface area contributed by atoms with Crippen molar-refractivity contribution in [2.24, 2.45) is 0 Å².